The molecule has 0 amide bonds. The van der Waals surface area contributed by atoms with Crippen molar-refractivity contribution in [3.63, 3.8) is 0 Å². The fourth-order valence-electron chi connectivity index (χ4n) is 3.82. The van der Waals surface area contributed by atoms with E-state index in [0.717, 1.165) is 32.4 Å². The van der Waals surface area contributed by atoms with Crippen LogP contribution in [-0.2, 0) is 10.0 Å². The molecule has 23 heavy (non-hydrogen) atoms. The summed E-state index contributed by atoms with van der Waals surface area (Å²) in [6.45, 7) is 2.20. The van der Waals surface area contributed by atoms with Crippen LogP contribution in [0.5, 0.6) is 0 Å². The van der Waals surface area contributed by atoms with E-state index in [2.05, 4.69) is 9.62 Å². The second kappa shape index (κ2) is 7.51. The highest BCUT2D eigenvalue weighted by atomic mass is 35.5. The zero-order chi connectivity index (χ0) is 16.3. The van der Waals surface area contributed by atoms with E-state index in [1.54, 1.807) is 24.3 Å². The fourth-order valence-corrected chi connectivity index (χ4v) is 5.25. The van der Waals surface area contributed by atoms with Gasteiger partial charge in [-0.3, -0.25) is 4.90 Å². The number of hydrogen-bond acceptors (Lipinski definition) is 3. The summed E-state index contributed by atoms with van der Waals surface area (Å²) in [5.74, 6) is 0. The van der Waals surface area contributed by atoms with Crippen LogP contribution in [0, 0.1) is 0 Å². The van der Waals surface area contributed by atoms with Crippen LogP contribution >= 0.6 is 11.6 Å². The molecule has 1 aromatic rings. The molecule has 0 spiro atoms. The van der Waals surface area contributed by atoms with Crippen molar-refractivity contribution < 1.29 is 8.42 Å². The molecule has 1 aliphatic carbocycles. The Hall–Kier alpha value is -0.620. The Labute approximate surface area is 144 Å². The normalized spacial score (nSPS) is 27.0. The highest BCUT2D eigenvalue weighted by Crippen LogP contribution is 2.27. The fraction of sp³-hybridized carbons (Fsp3) is 0.647. The summed E-state index contributed by atoms with van der Waals surface area (Å²) < 4.78 is 28.3. The minimum atomic E-state index is -3.48. The Morgan fingerprint density at radius 1 is 0.957 bits per heavy atom. The molecular formula is C17H25ClN2O2S. The lowest BCUT2D eigenvalue weighted by atomic mass is 9.89. The van der Waals surface area contributed by atoms with Crippen molar-refractivity contribution in [1.82, 2.24) is 9.62 Å². The second-order valence-electron chi connectivity index (χ2n) is 6.63. The van der Waals surface area contributed by atoms with Gasteiger partial charge in [-0.1, -0.05) is 30.9 Å². The lowest BCUT2D eigenvalue weighted by Gasteiger charge is -2.41. The van der Waals surface area contributed by atoms with Gasteiger partial charge in [-0.15, -0.1) is 0 Å². The minimum absolute atomic E-state index is 0.0162. The van der Waals surface area contributed by atoms with Gasteiger partial charge in [0.2, 0.25) is 10.0 Å². The van der Waals surface area contributed by atoms with Gasteiger partial charge < -0.3 is 0 Å². The van der Waals surface area contributed by atoms with E-state index in [1.165, 1.54) is 25.7 Å². The quantitative estimate of drug-likeness (QED) is 0.899. The summed E-state index contributed by atoms with van der Waals surface area (Å²) in [4.78, 5) is 2.79. The van der Waals surface area contributed by atoms with E-state index in [-0.39, 0.29) is 6.04 Å². The van der Waals surface area contributed by atoms with Crippen LogP contribution in [-0.4, -0.2) is 38.5 Å². The first kappa shape index (κ1) is 17.2. The van der Waals surface area contributed by atoms with Crippen LogP contribution in [0.4, 0.5) is 0 Å². The second-order valence-corrected chi connectivity index (χ2v) is 8.78. The molecule has 2 fully saturated rings. The van der Waals surface area contributed by atoms with Crippen LogP contribution in [0.1, 0.15) is 44.9 Å². The molecule has 2 aliphatic rings. The van der Waals surface area contributed by atoms with Gasteiger partial charge in [0.15, 0.2) is 0 Å². The highest BCUT2D eigenvalue weighted by molar-refractivity contribution is 7.89. The Morgan fingerprint density at radius 2 is 1.61 bits per heavy atom. The van der Waals surface area contributed by atoms with Crippen molar-refractivity contribution in [1.29, 1.82) is 0 Å². The first-order valence-corrected chi connectivity index (χ1v) is 10.4. The van der Waals surface area contributed by atoms with Gasteiger partial charge in [0.1, 0.15) is 0 Å². The lowest BCUT2D eigenvalue weighted by Crippen LogP contribution is -2.54. The van der Waals surface area contributed by atoms with Gasteiger partial charge in [-0.05, 0) is 63.0 Å². The number of rotatable bonds is 4. The Morgan fingerprint density at radius 3 is 2.30 bits per heavy atom. The molecule has 1 heterocycles. The molecule has 0 bridgehead atoms. The van der Waals surface area contributed by atoms with Gasteiger partial charge >= 0.3 is 0 Å². The van der Waals surface area contributed by atoms with Crippen molar-refractivity contribution >= 4 is 21.6 Å². The van der Waals surface area contributed by atoms with E-state index in [9.17, 15) is 8.42 Å². The molecule has 1 aromatic carbocycles. The molecule has 1 saturated heterocycles. The average molecular weight is 357 g/mol. The standard InChI is InChI=1S/C17H25ClN2O2S/c18-14-8-10-15(11-9-14)23(21,22)19-16-6-2-3-7-17(16)20-12-4-1-5-13-20/h8-11,16-17,19H,1-7,12-13H2/t16-,17-/m1/s1. The van der Waals surface area contributed by atoms with E-state index in [0.29, 0.717) is 16.0 Å². The average Bonchev–Trinajstić information content (AvgIpc) is 2.56. The molecular weight excluding hydrogens is 332 g/mol. The van der Waals surface area contributed by atoms with Crippen molar-refractivity contribution in [3.05, 3.63) is 29.3 Å². The van der Waals surface area contributed by atoms with Gasteiger partial charge in [0.25, 0.3) is 0 Å². The van der Waals surface area contributed by atoms with Crippen LogP contribution in [0.2, 0.25) is 5.02 Å². The minimum Gasteiger partial charge on any atom is -0.299 e. The molecule has 1 saturated carbocycles. The molecule has 6 heteroatoms. The lowest BCUT2D eigenvalue weighted by molar-refractivity contribution is 0.109. The monoisotopic (exact) mass is 356 g/mol. The highest BCUT2D eigenvalue weighted by Gasteiger charge is 2.33. The van der Waals surface area contributed by atoms with Crippen LogP contribution in [0.25, 0.3) is 0 Å². The maximum Gasteiger partial charge on any atom is 0.240 e. The maximum atomic E-state index is 12.7. The van der Waals surface area contributed by atoms with Crippen molar-refractivity contribution in [2.45, 2.75) is 61.9 Å². The molecule has 1 aliphatic heterocycles. The predicted octanol–water partition coefficient (Wildman–Crippen LogP) is 3.42. The van der Waals surface area contributed by atoms with E-state index >= 15 is 0 Å². The number of hydrogen-bond donors (Lipinski definition) is 1. The van der Waals surface area contributed by atoms with Crippen molar-refractivity contribution in [3.8, 4) is 0 Å². The number of piperidine rings is 1. The molecule has 0 unspecified atom stereocenters. The molecule has 2 atom stereocenters. The third kappa shape index (κ3) is 4.27. The zero-order valence-electron chi connectivity index (χ0n) is 13.4. The van der Waals surface area contributed by atoms with Crippen LogP contribution in [0.3, 0.4) is 0 Å². The number of sulfonamides is 1. The van der Waals surface area contributed by atoms with Crippen molar-refractivity contribution in [2.75, 3.05) is 13.1 Å². The molecule has 0 aromatic heterocycles. The summed E-state index contributed by atoms with van der Waals surface area (Å²) in [5.41, 5.74) is 0. The number of halogens is 1. The number of benzene rings is 1. The van der Waals surface area contributed by atoms with E-state index in [4.69, 9.17) is 11.6 Å². The van der Waals surface area contributed by atoms with Crippen LogP contribution in [0.15, 0.2) is 29.2 Å². The molecule has 3 rings (SSSR count). The maximum absolute atomic E-state index is 12.7. The number of nitrogens with one attached hydrogen (secondary N) is 1. The summed E-state index contributed by atoms with van der Waals surface area (Å²) in [6, 6.07) is 6.75. The Kier molecular flexibility index (Phi) is 5.62. The molecule has 4 nitrogen and oxygen atoms in total. The zero-order valence-corrected chi connectivity index (χ0v) is 15.0. The Balaban J connectivity index is 1.74. The third-order valence-electron chi connectivity index (χ3n) is 5.02. The summed E-state index contributed by atoms with van der Waals surface area (Å²) >= 11 is 5.86. The largest absolute Gasteiger partial charge is 0.299 e. The predicted molar refractivity (Wildman–Crippen MR) is 93.2 cm³/mol. The van der Waals surface area contributed by atoms with E-state index in [1.807, 2.05) is 0 Å². The van der Waals surface area contributed by atoms with E-state index < -0.39 is 10.0 Å². The Bertz CT molecular complexity index is 612. The molecule has 1 N–H and O–H groups in total. The number of nitrogens with zero attached hydrogens (tertiary/aromatic N) is 1. The molecule has 0 radical (unpaired) electrons. The summed E-state index contributed by atoms with van der Waals surface area (Å²) in [5, 5.41) is 0.549. The van der Waals surface area contributed by atoms with Gasteiger partial charge in [-0.2, -0.15) is 0 Å². The summed E-state index contributed by atoms with van der Waals surface area (Å²) in [7, 11) is -3.48. The third-order valence-corrected chi connectivity index (χ3v) is 6.78. The first-order chi connectivity index (χ1) is 11.1. The topological polar surface area (TPSA) is 49.4 Å². The summed E-state index contributed by atoms with van der Waals surface area (Å²) in [6.07, 6.45) is 8.06. The first-order valence-electron chi connectivity index (χ1n) is 8.58. The molecule has 128 valence electrons. The van der Waals surface area contributed by atoms with Crippen LogP contribution < -0.4 is 4.72 Å². The number of likely N-dealkylation sites (tertiary alicyclic amines) is 1. The SMILES string of the molecule is O=S(=O)(N[C@@H]1CCCC[C@H]1N1CCCCC1)c1ccc(Cl)cc1. The van der Waals surface area contributed by atoms with Gasteiger partial charge in [-0.25, -0.2) is 13.1 Å². The van der Waals surface area contributed by atoms with Gasteiger partial charge in [0, 0.05) is 17.1 Å². The van der Waals surface area contributed by atoms with Crippen molar-refractivity contribution in [2.24, 2.45) is 0 Å². The smallest absolute Gasteiger partial charge is 0.240 e. The van der Waals surface area contributed by atoms with Gasteiger partial charge in [0.05, 0.1) is 4.90 Å².